The van der Waals surface area contributed by atoms with Crippen LogP contribution in [-0.2, 0) is 0 Å². The Morgan fingerprint density at radius 2 is 1.81 bits per heavy atom. The molecule has 1 N–H and O–H groups in total. The van der Waals surface area contributed by atoms with Crippen molar-refractivity contribution in [2.24, 2.45) is 0 Å². The van der Waals surface area contributed by atoms with Crippen LogP contribution in [0.2, 0.25) is 0 Å². The molecule has 0 spiro atoms. The highest BCUT2D eigenvalue weighted by Gasteiger charge is 2.08. The lowest BCUT2D eigenvalue weighted by Gasteiger charge is -2.20. The van der Waals surface area contributed by atoms with Crippen molar-refractivity contribution >= 4 is 26.7 Å². The van der Waals surface area contributed by atoms with Gasteiger partial charge in [0.15, 0.2) is 0 Å². The molecule has 0 aromatic heterocycles. The highest BCUT2D eigenvalue weighted by Crippen LogP contribution is 2.33. The van der Waals surface area contributed by atoms with Gasteiger partial charge in [-0.05, 0) is 72.9 Å². The summed E-state index contributed by atoms with van der Waals surface area (Å²) < 4.78 is 6.95. The number of hydrogen-bond donors (Lipinski definition) is 1. The number of ether oxygens (including phenoxy) is 1. The van der Waals surface area contributed by atoms with E-state index in [4.69, 9.17) is 4.74 Å². The van der Waals surface area contributed by atoms with E-state index in [2.05, 4.69) is 72.3 Å². The summed E-state index contributed by atoms with van der Waals surface area (Å²) in [5.74, 6) is 0.928. The molecule has 114 valence electrons. The van der Waals surface area contributed by atoms with E-state index in [0.29, 0.717) is 0 Å². The number of benzene rings is 2. The van der Waals surface area contributed by atoms with Crippen LogP contribution < -0.4 is 10.1 Å². The summed E-state index contributed by atoms with van der Waals surface area (Å²) in [6.07, 6.45) is 2.19. The molecular weight excluding hydrogens is 326 g/mol. The van der Waals surface area contributed by atoms with Gasteiger partial charge < -0.3 is 10.1 Å². The van der Waals surface area contributed by atoms with E-state index >= 15 is 0 Å². The van der Waals surface area contributed by atoms with Gasteiger partial charge >= 0.3 is 0 Å². The minimum atomic E-state index is 0.197. The molecule has 0 radical (unpaired) electrons. The fraction of sp³-hybridized carbons (Fsp3) is 0.444. The molecule has 0 bridgehead atoms. The third kappa shape index (κ3) is 5.01. The van der Waals surface area contributed by atoms with Gasteiger partial charge in [-0.3, -0.25) is 0 Å². The van der Waals surface area contributed by atoms with E-state index < -0.39 is 0 Å². The van der Waals surface area contributed by atoms with Crippen molar-refractivity contribution in [3.63, 3.8) is 0 Å². The molecule has 2 aromatic rings. The molecule has 2 nitrogen and oxygen atoms in total. The molecule has 0 unspecified atom stereocenters. The van der Waals surface area contributed by atoms with Crippen LogP contribution in [0, 0.1) is 0 Å². The van der Waals surface area contributed by atoms with Crippen LogP contribution in [0.15, 0.2) is 40.9 Å². The van der Waals surface area contributed by atoms with Crippen LogP contribution in [0.1, 0.15) is 33.6 Å². The van der Waals surface area contributed by atoms with Gasteiger partial charge in [0.2, 0.25) is 0 Å². The maximum Gasteiger partial charge on any atom is 0.134 e. The Kier molecular flexibility index (Phi) is 5.65. The van der Waals surface area contributed by atoms with E-state index in [9.17, 15) is 0 Å². The summed E-state index contributed by atoms with van der Waals surface area (Å²) in [6, 6.07) is 12.5. The number of hydrogen-bond acceptors (Lipinski definition) is 2. The second-order valence-corrected chi connectivity index (χ2v) is 7.12. The van der Waals surface area contributed by atoms with Crippen molar-refractivity contribution in [1.29, 1.82) is 0 Å². The normalized spacial score (nSPS) is 11.8. The van der Waals surface area contributed by atoms with E-state index in [-0.39, 0.29) is 5.54 Å². The predicted molar refractivity (Wildman–Crippen MR) is 94.1 cm³/mol. The van der Waals surface area contributed by atoms with Gasteiger partial charge in [-0.2, -0.15) is 0 Å². The Bertz CT molecular complexity index is 589. The Morgan fingerprint density at radius 1 is 1.05 bits per heavy atom. The third-order valence-electron chi connectivity index (χ3n) is 3.31. The molecular formula is C18H24BrNO. The largest absolute Gasteiger partial charge is 0.492 e. The molecule has 0 saturated carbocycles. The molecule has 21 heavy (non-hydrogen) atoms. The molecule has 0 saturated heterocycles. The molecule has 0 heterocycles. The van der Waals surface area contributed by atoms with Crippen LogP contribution in [0.4, 0.5) is 0 Å². The smallest absolute Gasteiger partial charge is 0.134 e. The van der Waals surface area contributed by atoms with Crippen molar-refractivity contribution in [3.8, 4) is 5.75 Å². The molecule has 2 rings (SSSR count). The van der Waals surface area contributed by atoms with Gasteiger partial charge in [0.25, 0.3) is 0 Å². The minimum absolute atomic E-state index is 0.197. The summed E-state index contributed by atoms with van der Waals surface area (Å²) in [7, 11) is 0. The van der Waals surface area contributed by atoms with Crippen molar-refractivity contribution in [2.75, 3.05) is 13.2 Å². The first-order valence-electron chi connectivity index (χ1n) is 7.52. The number of nitrogens with one attached hydrogen (secondary N) is 1. The predicted octanol–water partition coefficient (Wildman–Crippen LogP) is 5.15. The van der Waals surface area contributed by atoms with Crippen LogP contribution >= 0.6 is 15.9 Å². The molecule has 0 fully saturated rings. The maximum atomic E-state index is 5.90. The highest BCUT2D eigenvalue weighted by atomic mass is 79.9. The zero-order valence-electron chi connectivity index (χ0n) is 13.1. The molecule has 0 aliphatic rings. The van der Waals surface area contributed by atoms with E-state index in [0.717, 1.165) is 36.2 Å². The monoisotopic (exact) mass is 349 g/mol. The number of halogens is 1. The Balaban J connectivity index is 1.83. The quantitative estimate of drug-likeness (QED) is 0.728. The van der Waals surface area contributed by atoms with Crippen molar-refractivity contribution in [2.45, 2.75) is 39.2 Å². The van der Waals surface area contributed by atoms with Crippen LogP contribution in [0.25, 0.3) is 10.8 Å². The maximum absolute atomic E-state index is 5.90. The van der Waals surface area contributed by atoms with Gasteiger partial charge in [-0.25, -0.2) is 0 Å². The van der Waals surface area contributed by atoms with Gasteiger partial charge in [-0.15, -0.1) is 0 Å². The zero-order valence-corrected chi connectivity index (χ0v) is 14.7. The highest BCUT2D eigenvalue weighted by molar-refractivity contribution is 9.10. The van der Waals surface area contributed by atoms with Crippen LogP contribution in [0.3, 0.4) is 0 Å². The average molecular weight is 350 g/mol. The van der Waals surface area contributed by atoms with Crippen LogP contribution in [0.5, 0.6) is 5.75 Å². The number of rotatable bonds is 6. The third-order valence-corrected chi connectivity index (χ3v) is 4.13. The lowest BCUT2D eigenvalue weighted by molar-refractivity contribution is 0.300. The lowest BCUT2D eigenvalue weighted by atomic mass is 10.1. The zero-order chi connectivity index (χ0) is 15.3. The number of fused-ring (bicyclic) bond motifs is 1. The van der Waals surface area contributed by atoms with Gasteiger partial charge in [0, 0.05) is 5.54 Å². The van der Waals surface area contributed by atoms with Crippen molar-refractivity contribution in [3.05, 3.63) is 40.9 Å². The summed E-state index contributed by atoms with van der Waals surface area (Å²) >= 11 is 3.65. The van der Waals surface area contributed by atoms with Gasteiger partial charge in [0.1, 0.15) is 5.75 Å². The fourth-order valence-corrected chi connectivity index (χ4v) is 2.81. The SMILES string of the molecule is CC(C)(C)NCCCCOc1ccc2ccccc2c1Br. The minimum Gasteiger partial charge on any atom is -0.492 e. The Morgan fingerprint density at radius 3 is 2.57 bits per heavy atom. The average Bonchev–Trinajstić information content (AvgIpc) is 2.44. The summed E-state index contributed by atoms with van der Waals surface area (Å²) in [6.45, 7) is 8.36. The molecule has 0 aliphatic heterocycles. The summed E-state index contributed by atoms with van der Waals surface area (Å²) in [5.41, 5.74) is 0.197. The molecule has 0 aliphatic carbocycles. The van der Waals surface area contributed by atoms with E-state index in [1.165, 1.54) is 10.8 Å². The van der Waals surface area contributed by atoms with E-state index in [1.807, 2.05) is 6.07 Å². The Labute approximate surface area is 136 Å². The molecule has 3 heteroatoms. The molecule has 2 aromatic carbocycles. The summed E-state index contributed by atoms with van der Waals surface area (Å²) in [5, 5.41) is 5.92. The van der Waals surface area contributed by atoms with Crippen molar-refractivity contribution < 1.29 is 4.74 Å². The first-order chi connectivity index (χ1) is 9.97. The number of unbranched alkanes of at least 4 members (excludes halogenated alkanes) is 1. The molecule has 0 amide bonds. The van der Waals surface area contributed by atoms with Gasteiger partial charge in [-0.1, -0.05) is 30.3 Å². The molecule has 0 atom stereocenters. The van der Waals surface area contributed by atoms with Gasteiger partial charge in [0.05, 0.1) is 11.1 Å². The first-order valence-corrected chi connectivity index (χ1v) is 8.32. The first kappa shape index (κ1) is 16.3. The Hall–Kier alpha value is -1.06. The lowest BCUT2D eigenvalue weighted by Crippen LogP contribution is -2.36. The standard InChI is InChI=1S/C18H24BrNO/c1-18(2,3)20-12-6-7-13-21-16-11-10-14-8-4-5-9-15(14)17(16)19/h4-5,8-11,20H,6-7,12-13H2,1-3H3. The second kappa shape index (κ2) is 7.28. The summed E-state index contributed by atoms with van der Waals surface area (Å²) in [4.78, 5) is 0. The topological polar surface area (TPSA) is 21.3 Å². The second-order valence-electron chi connectivity index (χ2n) is 6.33. The van der Waals surface area contributed by atoms with E-state index in [1.54, 1.807) is 0 Å². The fourth-order valence-electron chi connectivity index (χ4n) is 2.20. The van der Waals surface area contributed by atoms with Crippen molar-refractivity contribution in [1.82, 2.24) is 5.32 Å². The van der Waals surface area contributed by atoms with Crippen LogP contribution in [-0.4, -0.2) is 18.7 Å².